The van der Waals surface area contributed by atoms with Gasteiger partial charge < -0.3 is 24.8 Å². The van der Waals surface area contributed by atoms with Crippen molar-refractivity contribution in [2.75, 3.05) is 36.9 Å². The molecule has 1 saturated heterocycles. The summed E-state index contributed by atoms with van der Waals surface area (Å²) in [5.41, 5.74) is 3.19. The quantitative estimate of drug-likeness (QED) is 0.151. The molecule has 2 aromatic heterocycles. The van der Waals surface area contributed by atoms with E-state index in [0.29, 0.717) is 34.4 Å². The molecule has 13 nitrogen and oxygen atoms in total. The van der Waals surface area contributed by atoms with Gasteiger partial charge in [0.15, 0.2) is 0 Å². The second-order valence-corrected chi connectivity index (χ2v) is 12.0. The van der Waals surface area contributed by atoms with Gasteiger partial charge in [-0.05, 0) is 84.4 Å². The molecule has 246 valence electrons. The lowest BCUT2D eigenvalue weighted by molar-refractivity contribution is -0.190. The van der Waals surface area contributed by atoms with Crippen LogP contribution in [-0.4, -0.2) is 67.0 Å². The number of hydrogen-bond donors (Lipinski definition) is 2. The molecule has 0 saturated carbocycles. The van der Waals surface area contributed by atoms with Crippen LogP contribution in [0.2, 0.25) is 10.0 Å². The first-order valence-electron chi connectivity index (χ1n) is 15.3. The highest BCUT2D eigenvalue weighted by Crippen LogP contribution is 2.40. The predicted molar refractivity (Wildman–Crippen MR) is 179 cm³/mol. The summed E-state index contributed by atoms with van der Waals surface area (Å²) >= 11 is 12.7. The first-order valence-corrected chi connectivity index (χ1v) is 16.0. The molecule has 1 unspecified atom stereocenters. The fourth-order valence-corrected chi connectivity index (χ4v) is 5.75. The van der Waals surface area contributed by atoms with Crippen LogP contribution in [0.5, 0.6) is 5.75 Å². The molecular weight excluding hydrogens is 645 g/mol. The lowest BCUT2D eigenvalue weighted by Crippen LogP contribution is -2.35. The van der Waals surface area contributed by atoms with E-state index in [4.69, 9.17) is 37.4 Å². The summed E-state index contributed by atoms with van der Waals surface area (Å²) in [5.74, 6) is -0.500. The van der Waals surface area contributed by atoms with Crippen molar-refractivity contribution in [2.24, 2.45) is 0 Å². The normalized spacial score (nSPS) is 18.3. The van der Waals surface area contributed by atoms with Crippen molar-refractivity contribution in [3.8, 4) is 11.4 Å². The van der Waals surface area contributed by atoms with E-state index in [9.17, 15) is 4.79 Å². The second kappa shape index (κ2) is 14.6. The van der Waals surface area contributed by atoms with E-state index in [1.807, 2.05) is 62.4 Å². The zero-order chi connectivity index (χ0) is 32.8. The summed E-state index contributed by atoms with van der Waals surface area (Å²) in [4.78, 5) is 12.7. The van der Waals surface area contributed by atoms with E-state index in [1.54, 1.807) is 29.1 Å². The van der Waals surface area contributed by atoms with Crippen molar-refractivity contribution >= 4 is 34.6 Å². The minimum atomic E-state index is -1.20. The minimum absolute atomic E-state index is 0.0563. The zero-order valence-corrected chi connectivity index (χ0v) is 27.4. The van der Waals surface area contributed by atoms with Crippen molar-refractivity contribution in [2.45, 2.75) is 44.7 Å². The minimum Gasteiger partial charge on any atom is -0.491 e. The molecule has 3 atom stereocenters. The number of aromatic nitrogens is 7. The third-order valence-corrected chi connectivity index (χ3v) is 8.43. The average molecular weight is 681 g/mol. The van der Waals surface area contributed by atoms with E-state index < -0.39 is 5.79 Å². The van der Waals surface area contributed by atoms with E-state index in [1.165, 1.54) is 15.7 Å². The molecule has 0 radical (unpaired) electrons. The average Bonchev–Trinajstić information content (AvgIpc) is 3.84. The standard InChI is InChI=1S/C32H35Cl2N9O4/c1-3-22(2)43-31(44)42(21-38-43)26-9-5-24(6-10-26)35-14-15-36-25-7-11-27(12-8-25)45-17-28-18-46-32(47-28,19-41-20-37-39-40-41)29-13-4-23(33)16-30(29)34/h4-13,16,20-22,28,35-36H,3,14-15,17-19H2,1-2H3/t22?,28-,32-/m1/s1. The molecular formula is C32H35Cl2N9O4. The summed E-state index contributed by atoms with van der Waals surface area (Å²) in [6, 6.07) is 20.7. The number of nitrogens with one attached hydrogen (secondary N) is 2. The van der Waals surface area contributed by atoms with Crippen LogP contribution in [0.4, 0.5) is 11.4 Å². The number of ether oxygens (including phenoxy) is 3. The Morgan fingerprint density at radius 1 is 1.02 bits per heavy atom. The number of benzene rings is 3. The molecule has 5 aromatic rings. The topological polar surface area (TPSA) is 135 Å². The Hall–Kier alpha value is -4.43. The third kappa shape index (κ3) is 7.60. The van der Waals surface area contributed by atoms with Gasteiger partial charge >= 0.3 is 5.69 Å². The fraction of sp³-hybridized carbons (Fsp3) is 0.344. The van der Waals surface area contributed by atoms with Gasteiger partial charge in [-0.1, -0.05) is 36.2 Å². The summed E-state index contributed by atoms with van der Waals surface area (Å²) in [6.45, 7) is 6.18. The molecule has 0 spiro atoms. The fourth-order valence-electron chi connectivity index (χ4n) is 5.20. The third-order valence-electron chi connectivity index (χ3n) is 7.88. The van der Waals surface area contributed by atoms with E-state index in [0.717, 1.165) is 23.5 Å². The molecule has 1 aliphatic rings. The van der Waals surface area contributed by atoms with Crippen LogP contribution in [0, 0.1) is 0 Å². The Bertz CT molecular complexity index is 1810. The SMILES string of the molecule is CCC(C)n1ncn(-c2ccc(NCCNc3ccc(OC[C@@H]4CO[C@@](Cn5cnnn5)(c5ccc(Cl)cc5Cl)O4)cc3)cc2)c1=O. The van der Waals surface area contributed by atoms with Gasteiger partial charge in [0.1, 0.15) is 37.7 Å². The van der Waals surface area contributed by atoms with Gasteiger partial charge in [-0.25, -0.2) is 18.7 Å². The largest absolute Gasteiger partial charge is 0.491 e. The number of anilines is 2. The Morgan fingerprint density at radius 3 is 2.40 bits per heavy atom. The monoisotopic (exact) mass is 679 g/mol. The van der Waals surface area contributed by atoms with E-state index in [2.05, 4.69) is 31.3 Å². The smallest absolute Gasteiger partial charge is 0.350 e. The number of nitrogens with zero attached hydrogens (tertiary/aromatic N) is 7. The van der Waals surface area contributed by atoms with Crippen LogP contribution in [0.3, 0.4) is 0 Å². The molecule has 1 fully saturated rings. The maximum Gasteiger partial charge on any atom is 0.350 e. The van der Waals surface area contributed by atoms with Crippen molar-refractivity contribution in [1.82, 2.24) is 34.6 Å². The van der Waals surface area contributed by atoms with Crippen molar-refractivity contribution in [1.29, 1.82) is 0 Å². The van der Waals surface area contributed by atoms with Crippen LogP contribution in [0.25, 0.3) is 5.69 Å². The number of hydrogen-bond acceptors (Lipinski definition) is 10. The molecule has 15 heteroatoms. The van der Waals surface area contributed by atoms with Gasteiger partial charge in [-0.15, -0.1) is 5.10 Å². The van der Waals surface area contributed by atoms with Crippen LogP contribution in [0.1, 0.15) is 31.9 Å². The first kappa shape index (κ1) is 32.5. The summed E-state index contributed by atoms with van der Waals surface area (Å²) in [5, 5.41) is 23.4. The van der Waals surface area contributed by atoms with Crippen LogP contribution < -0.4 is 21.1 Å². The van der Waals surface area contributed by atoms with Gasteiger partial charge in [0.2, 0.25) is 5.79 Å². The van der Waals surface area contributed by atoms with Crippen LogP contribution in [-0.2, 0) is 21.8 Å². The molecule has 0 bridgehead atoms. The zero-order valence-electron chi connectivity index (χ0n) is 25.9. The predicted octanol–water partition coefficient (Wildman–Crippen LogP) is 5.17. The Labute approximate surface area is 281 Å². The maximum absolute atomic E-state index is 12.7. The van der Waals surface area contributed by atoms with Gasteiger partial charge in [-0.2, -0.15) is 5.10 Å². The molecule has 0 aliphatic carbocycles. The second-order valence-electron chi connectivity index (χ2n) is 11.2. The molecule has 6 rings (SSSR count). The molecule has 0 amide bonds. The molecule has 3 heterocycles. The van der Waals surface area contributed by atoms with Crippen LogP contribution >= 0.6 is 23.2 Å². The molecule has 3 aromatic carbocycles. The van der Waals surface area contributed by atoms with Crippen LogP contribution in [0.15, 0.2) is 84.2 Å². The first-order chi connectivity index (χ1) is 22.8. The lowest BCUT2D eigenvalue weighted by atomic mass is 10.1. The van der Waals surface area contributed by atoms with Gasteiger partial charge in [0, 0.05) is 35.1 Å². The van der Waals surface area contributed by atoms with E-state index >= 15 is 0 Å². The van der Waals surface area contributed by atoms with Crippen molar-refractivity contribution in [3.05, 3.63) is 105 Å². The number of rotatable bonds is 14. The van der Waals surface area contributed by atoms with Crippen molar-refractivity contribution < 1.29 is 14.2 Å². The summed E-state index contributed by atoms with van der Waals surface area (Å²) in [6.07, 6.45) is 3.53. The highest BCUT2D eigenvalue weighted by atomic mass is 35.5. The maximum atomic E-state index is 12.7. The highest BCUT2D eigenvalue weighted by Gasteiger charge is 2.45. The molecule has 47 heavy (non-hydrogen) atoms. The molecule has 2 N–H and O–H groups in total. The lowest BCUT2D eigenvalue weighted by Gasteiger charge is -2.29. The van der Waals surface area contributed by atoms with Gasteiger partial charge in [0.05, 0.1) is 23.4 Å². The number of halogens is 2. The summed E-state index contributed by atoms with van der Waals surface area (Å²) in [7, 11) is 0. The van der Waals surface area contributed by atoms with Gasteiger partial charge in [-0.3, -0.25) is 0 Å². The van der Waals surface area contributed by atoms with E-state index in [-0.39, 0.29) is 37.6 Å². The van der Waals surface area contributed by atoms with Crippen molar-refractivity contribution in [3.63, 3.8) is 0 Å². The number of tetrazole rings is 1. The summed E-state index contributed by atoms with van der Waals surface area (Å²) < 4.78 is 23.2. The van der Waals surface area contributed by atoms with Gasteiger partial charge in [0.25, 0.3) is 0 Å². The molecule has 1 aliphatic heterocycles. The highest BCUT2D eigenvalue weighted by molar-refractivity contribution is 6.35. The Morgan fingerprint density at radius 2 is 1.74 bits per heavy atom. The Balaban J connectivity index is 0.967. The Kier molecular flexibility index (Phi) is 10.1.